The van der Waals surface area contributed by atoms with Gasteiger partial charge >= 0.3 is 5.97 Å². The molecule has 0 fully saturated rings. The Morgan fingerprint density at radius 1 is 1.15 bits per heavy atom. The Kier molecular flexibility index (Phi) is 7.04. The van der Waals surface area contributed by atoms with E-state index in [9.17, 15) is 9.59 Å². The maximum absolute atomic E-state index is 12.3. The van der Waals surface area contributed by atoms with Crippen molar-refractivity contribution in [1.82, 2.24) is 0 Å². The molecule has 0 unspecified atom stereocenters. The Morgan fingerprint density at radius 3 is 2.50 bits per heavy atom. The maximum Gasteiger partial charge on any atom is 0.348 e. The number of aryl methyl sites for hydroxylation is 1. The lowest BCUT2D eigenvalue weighted by atomic mass is 10.2. The van der Waals surface area contributed by atoms with Crippen LogP contribution in [0, 0.1) is 6.92 Å². The molecule has 26 heavy (non-hydrogen) atoms. The monoisotopic (exact) mass is 375 g/mol. The van der Waals surface area contributed by atoms with Crippen LogP contribution in [0.25, 0.3) is 0 Å². The highest BCUT2D eigenvalue weighted by atomic mass is 35.5. The standard InChI is InChI=1S/C20H22ClNO4/c1-4-18(26-16-8-6-5-7-9-16)20(24)25-14(3)19(23)22-17-12-15(21)11-10-13(17)2/h5-12,14,18H,4H2,1-3H3,(H,22,23)/t14-,18+/m1/s1. The molecule has 2 rings (SSSR count). The second-order valence-corrected chi connectivity index (χ2v) is 6.29. The van der Waals surface area contributed by atoms with Crippen LogP contribution in [-0.4, -0.2) is 24.1 Å². The zero-order valence-electron chi connectivity index (χ0n) is 15.0. The molecule has 0 radical (unpaired) electrons. The predicted molar refractivity (Wildman–Crippen MR) is 102 cm³/mol. The summed E-state index contributed by atoms with van der Waals surface area (Å²) in [6.07, 6.45) is -1.31. The molecule has 138 valence electrons. The van der Waals surface area contributed by atoms with E-state index in [0.29, 0.717) is 22.9 Å². The lowest BCUT2D eigenvalue weighted by Gasteiger charge is -2.20. The Bertz CT molecular complexity index is 764. The van der Waals surface area contributed by atoms with Gasteiger partial charge in [-0.1, -0.05) is 42.8 Å². The third-order valence-electron chi connectivity index (χ3n) is 3.77. The van der Waals surface area contributed by atoms with Gasteiger partial charge in [-0.25, -0.2) is 4.79 Å². The molecule has 0 saturated carbocycles. The van der Waals surface area contributed by atoms with Crippen molar-refractivity contribution in [1.29, 1.82) is 0 Å². The molecule has 0 aliphatic rings. The molecule has 0 aromatic heterocycles. The first kappa shape index (κ1) is 19.8. The molecule has 2 aromatic rings. The molecular weight excluding hydrogens is 354 g/mol. The molecule has 6 heteroatoms. The van der Waals surface area contributed by atoms with Gasteiger partial charge in [0.25, 0.3) is 5.91 Å². The number of carbonyl (C=O) groups is 2. The first-order valence-corrected chi connectivity index (χ1v) is 8.77. The van der Waals surface area contributed by atoms with E-state index in [1.807, 2.05) is 32.0 Å². The Hall–Kier alpha value is -2.53. The zero-order valence-corrected chi connectivity index (χ0v) is 15.7. The van der Waals surface area contributed by atoms with Gasteiger partial charge in [-0.3, -0.25) is 4.79 Å². The van der Waals surface area contributed by atoms with Gasteiger partial charge in [0.1, 0.15) is 5.75 Å². The predicted octanol–water partition coefficient (Wildman–Crippen LogP) is 4.38. The summed E-state index contributed by atoms with van der Waals surface area (Å²) >= 11 is 5.95. The van der Waals surface area contributed by atoms with Gasteiger partial charge in [0.05, 0.1) is 0 Å². The first-order valence-electron chi connectivity index (χ1n) is 8.40. The number of carbonyl (C=O) groups excluding carboxylic acids is 2. The molecule has 1 N–H and O–H groups in total. The SMILES string of the molecule is CC[C@H](Oc1ccccc1)C(=O)O[C@H](C)C(=O)Nc1cc(Cl)ccc1C. The number of hydrogen-bond acceptors (Lipinski definition) is 4. The zero-order chi connectivity index (χ0) is 19.1. The van der Waals surface area contributed by atoms with Crippen LogP contribution in [0.4, 0.5) is 5.69 Å². The van der Waals surface area contributed by atoms with Gasteiger partial charge in [0.2, 0.25) is 0 Å². The largest absolute Gasteiger partial charge is 0.479 e. The highest BCUT2D eigenvalue weighted by molar-refractivity contribution is 6.31. The molecule has 5 nitrogen and oxygen atoms in total. The highest BCUT2D eigenvalue weighted by Crippen LogP contribution is 2.20. The lowest BCUT2D eigenvalue weighted by molar-refractivity contribution is -0.160. The van der Waals surface area contributed by atoms with Crippen molar-refractivity contribution in [3.8, 4) is 5.75 Å². The first-order chi connectivity index (χ1) is 12.4. The minimum atomic E-state index is -0.964. The van der Waals surface area contributed by atoms with Crippen LogP contribution in [0.2, 0.25) is 5.02 Å². The molecule has 0 aliphatic heterocycles. The molecule has 0 spiro atoms. The maximum atomic E-state index is 12.3. The molecule has 0 bridgehead atoms. The number of para-hydroxylation sites is 1. The minimum Gasteiger partial charge on any atom is -0.479 e. The van der Waals surface area contributed by atoms with Crippen molar-refractivity contribution in [2.45, 2.75) is 39.4 Å². The van der Waals surface area contributed by atoms with E-state index in [0.717, 1.165) is 5.56 Å². The Morgan fingerprint density at radius 2 is 1.85 bits per heavy atom. The number of nitrogens with one attached hydrogen (secondary N) is 1. The molecular formula is C20H22ClNO4. The third kappa shape index (κ3) is 5.49. The number of benzene rings is 2. The molecule has 0 heterocycles. The van der Waals surface area contributed by atoms with Gasteiger partial charge in [0.15, 0.2) is 12.2 Å². The van der Waals surface area contributed by atoms with E-state index in [2.05, 4.69) is 5.32 Å². The van der Waals surface area contributed by atoms with Crippen molar-refractivity contribution in [2.24, 2.45) is 0 Å². The average Bonchev–Trinajstić information content (AvgIpc) is 2.63. The van der Waals surface area contributed by atoms with Gasteiger partial charge in [0, 0.05) is 10.7 Å². The van der Waals surface area contributed by atoms with E-state index in [-0.39, 0.29) is 0 Å². The third-order valence-corrected chi connectivity index (χ3v) is 4.01. The number of ether oxygens (including phenoxy) is 2. The van der Waals surface area contributed by atoms with Crippen molar-refractivity contribution < 1.29 is 19.1 Å². The summed E-state index contributed by atoms with van der Waals surface area (Å²) < 4.78 is 10.9. The summed E-state index contributed by atoms with van der Waals surface area (Å²) in [5.41, 5.74) is 1.44. The fourth-order valence-electron chi connectivity index (χ4n) is 2.23. The topological polar surface area (TPSA) is 64.6 Å². The molecule has 2 aromatic carbocycles. The second-order valence-electron chi connectivity index (χ2n) is 5.86. The van der Waals surface area contributed by atoms with Crippen LogP contribution in [-0.2, 0) is 14.3 Å². The van der Waals surface area contributed by atoms with Crippen molar-refractivity contribution >= 4 is 29.2 Å². The van der Waals surface area contributed by atoms with Crippen LogP contribution < -0.4 is 10.1 Å². The van der Waals surface area contributed by atoms with Gasteiger partial charge in [-0.05, 0) is 50.1 Å². The summed E-state index contributed by atoms with van der Waals surface area (Å²) in [6.45, 7) is 5.18. The van der Waals surface area contributed by atoms with E-state index in [4.69, 9.17) is 21.1 Å². The minimum absolute atomic E-state index is 0.426. The van der Waals surface area contributed by atoms with E-state index < -0.39 is 24.1 Å². The molecule has 1 amide bonds. The van der Waals surface area contributed by atoms with E-state index in [1.165, 1.54) is 6.92 Å². The number of hydrogen-bond donors (Lipinski definition) is 1. The highest BCUT2D eigenvalue weighted by Gasteiger charge is 2.25. The van der Waals surface area contributed by atoms with Crippen LogP contribution >= 0.6 is 11.6 Å². The van der Waals surface area contributed by atoms with Gasteiger partial charge in [-0.2, -0.15) is 0 Å². The average molecular weight is 376 g/mol. The van der Waals surface area contributed by atoms with Gasteiger partial charge in [-0.15, -0.1) is 0 Å². The van der Waals surface area contributed by atoms with E-state index in [1.54, 1.807) is 30.3 Å². The smallest absolute Gasteiger partial charge is 0.348 e. The lowest BCUT2D eigenvalue weighted by Crippen LogP contribution is -2.36. The summed E-state index contributed by atoms with van der Waals surface area (Å²) in [6, 6.07) is 14.2. The van der Waals surface area contributed by atoms with Crippen LogP contribution in [0.15, 0.2) is 48.5 Å². The molecule has 2 atom stereocenters. The summed E-state index contributed by atoms with van der Waals surface area (Å²) in [5, 5.41) is 3.23. The van der Waals surface area contributed by atoms with Crippen molar-refractivity contribution in [3.05, 3.63) is 59.1 Å². The molecule has 0 aliphatic carbocycles. The summed E-state index contributed by atoms with van der Waals surface area (Å²) in [4.78, 5) is 24.6. The fourth-order valence-corrected chi connectivity index (χ4v) is 2.40. The number of rotatable bonds is 7. The van der Waals surface area contributed by atoms with Crippen molar-refractivity contribution in [3.63, 3.8) is 0 Å². The fraction of sp³-hybridized carbons (Fsp3) is 0.300. The number of amides is 1. The van der Waals surface area contributed by atoms with E-state index >= 15 is 0 Å². The Labute approximate surface area is 158 Å². The molecule has 0 saturated heterocycles. The Balaban J connectivity index is 1.96. The normalized spacial score (nSPS) is 12.8. The number of esters is 1. The number of halogens is 1. The van der Waals surface area contributed by atoms with Gasteiger partial charge < -0.3 is 14.8 Å². The van der Waals surface area contributed by atoms with Crippen LogP contribution in [0.1, 0.15) is 25.8 Å². The van der Waals surface area contributed by atoms with Crippen molar-refractivity contribution in [2.75, 3.05) is 5.32 Å². The quantitative estimate of drug-likeness (QED) is 0.729. The van der Waals surface area contributed by atoms with Crippen LogP contribution in [0.5, 0.6) is 5.75 Å². The summed E-state index contributed by atoms with van der Waals surface area (Å²) in [5.74, 6) is -0.442. The number of anilines is 1. The second kappa shape index (κ2) is 9.25. The summed E-state index contributed by atoms with van der Waals surface area (Å²) in [7, 11) is 0. The van der Waals surface area contributed by atoms with Crippen LogP contribution in [0.3, 0.4) is 0 Å².